The normalized spacial score (nSPS) is 13.0. The van der Waals surface area contributed by atoms with E-state index in [1.807, 2.05) is 0 Å². The number of hydrogen-bond donors (Lipinski definition) is 2. The highest BCUT2D eigenvalue weighted by atomic mass is 28.4. The van der Waals surface area contributed by atoms with Gasteiger partial charge in [-0.05, 0) is 38.3 Å². The Morgan fingerprint density at radius 1 is 0.905 bits per heavy atom. The van der Waals surface area contributed by atoms with E-state index >= 15 is 0 Å². The molecule has 0 spiro atoms. The third kappa shape index (κ3) is 8.93. The minimum atomic E-state index is -2.08. The van der Waals surface area contributed by atoms with E-state index < -0.39 is 8.56 Å². The van der Waals surface area contributed by atoms with Gasteiger partial charge in [-0.25, -0.2) is 0 Å². The molecule has 5 heteroatoms. The highest BCUT2D eigenvalue weighted by molar-refractivity contribution is 6.69. The molecular weight excluding hydrogens is 280 g/mol. The molecule has 1 atom stereocenters. The van der Waals surface area contributed by atoms with Gasteiger partial charge in [-0.3, -0.25) is 0 Å². The SMILES string of the molecule is CCCC[Si](OCCC)(OCCC)C(CC)CCCN.N. The van der Waals surface area contributed by atoms with Crippen LogP contribution >= 0.6 is 0 Å². The van der Waals surface area contributed by atoms with Crippen LogP contribution in [0.15, 0.2) is 0 Å². The molecule has 0 fully saturated rings. The van der Waals surface area contributed by atoms with E-state index in [2.05, 4.69) is 27.7 Å². The molecule has 0 bridgehead atoms. The predicted octanol–water partition coefficient (Wildman–Crippen LogP) is 4.76. The second kappa shape index (κ2) is 15.0. The molecule has 0 heterocycles. The number of nitrogens with two attached hydrogens (primary N) is 1. The van der Waals surface area contributed by atoms with Gasteiger partial charge in [-0.15, -0.1) is 0 Å². The molecule has 0 aromatic carbocycles. The molecular formula is C16H40N2O2Si. The van der Waals surface area contributed by atoms with Crippen molar-refractivity contribution in [2.24, 2.45) is 5.73 Å². The molecule has 0 saturated carbocycles. The molecule has 0 aliphatic rings. The first-order chi connectivity index (χ1) is 9.70. The Labute approximate surface area is 134 Å². The Morgan fingerprint density at radius 3 is 1.86 bits per heavy atom. The van der Waals surface area contributed by atoms with Crippen LogP contribution in [0.4, 0.5) is 0 Å². The quantitative estimate of drug-likeness (QED) is 0.452. The van der Waals surface area contributed by atoms with Gasteiger partial charge >= 0.3 is 8.56 Å². The molecule has 5 N–H and O–H groups in total. The molecule has 0 rings (SSSR count). The summed E-state index contributed by atoms with van der Waals surface area (Å²) in [5.41, 5.74) is 6.30. The molecule has 0 radical (unpaired) electrons. The second-order valence-electron chi connectivity index (χ2n) is 5.65. The lowest BCUT2D eigenvalue weighted by Crippen LogP contribution is -2.47. The zero-order valence-corrected chi connectivity index (χ0v) is 16.0. The van der Waals surface area contributed by atoms with Crippen molar-refractivity contribution >= 4 is 8.56 Å². The number of rotatable bonds is 14. The Hall–Kier alpha value is 0.0569. The van der Waals surface area contributed by atoms with Crippen LogP contribution in [-0.2, 0) is 8.85 Å². The van der Waals surface area contributed by atoms with Crippen LogP contribution in [0.5, 0.6) is 0 Å². The Balaban J connectivity index is 0. The van der Waals surface area contributed by atoms with Crippen molar-refractivity contribution in [3.05, 3.63) is 0 Å². The van der Waals surface area contributed by atoms with Gasteiger partial charge in [0.15, 0.2) is 0 Å². The van der Waals surface area contributed by atoms with E-state index in [1.165, 1.54) is 12.8 Å². The molecule has 0 aliphatic carbocycles. The number of hydrogen-bond acceptors (Lipinski definition) is 4. The maximum atomic E-state index is 6.41. The smallest absolute Gasteiger partial charge is 0.341 e. The Bertz CT molecular complexity index is 197. The van der Waals surface area contributed by atoms with Crippen molar-refractivity contribution in [1.82, 2.24) is 6.15 Å². The molecule has 1 unspecified atom stereocenters. The topological polar surface area (TPSA) is 79.5 Å². The fourth-order valence-electron chi connectivity index (χ4n) is 2.70. The van der Waals surface area contributed by atoms with Gasteiger partial charge in [0, 0.05) is 18.8 Å². The van der Waals surface area contributed by atoms with Gasteiger partial charge in [-0.2, -0.15) is 0 Å². The fraction of sp³-hybridized carbons (Fsp3) is 1.00. The first kappa shape index (κ1) is 23.3. The second-order valence-corrected chi connectivity index (χ2v) is 9.17. The summed E-state index contributed by atoms with van der Waals surface area (Å²) in [6.45, 7) is 11.4. The number of unbranched alkanes of at least 4 members (excludes halogenated alkanes) is 1. The third-order valence-corrected chi connectivity index (χ3v) is 8.23. The van der Waals surface area contributed by atoms with Crippen LogP contribution in [0.3, 0.4) is 0 Å². The molecule has 0 aromatic rings. The van der Waals surface area contributed by atoms with Gasteiger partial charge < -0.3 is 20.7 Å². The summed E-state index contributed by atoms with van der Waals surface area (Å²) in [5.74, 6) is 0. The maximum absolute atomic E-state index is 6.41. The van der Waals surface area contributed by atoms with Gasteiger partial charge in [0.25, 0.3) is 0 Å². The van der Waals surface area contributed by atoms with E-state index in [1.54, 1.807) is 0 Å². The van der Waals surface area contributed by atoms with Crippen molar-refractivity contribution in [3.8, 4) is 0 Å². The Morgan fingerprint density at radius 2 is 1.48 bits per heavy atom. The first-order valence-corrected chi connectivity index (χ1v) is 10.8. The van der Waals surface area contributed by atoms with Crippen LogP contribution in [0.25, 0.3) is 0 Å². The maximum Gasteiger partial charge on any atom is 0.341 e. The monoisotopic (exact) mass is 320 g/mol. The van der Waals surface area contributed by atoms with Crippen molar-refractivity contribution in [2.45, 2.75) is 84.2 Å². The minimum Gasteiger partial charge on any atom is -0.394 e. The molecule has 0 saturated heterocycles. The largest absolute Gasteiger partial charge is 0.394 e. The van der Waals surface area contributed by atoms with E-state index in [0.717, 1.165) is 57.9 Å². The zero-order chi connectivity index (χ0) is 15.3. The van der Waals surface area contributed by atoms with Crippen molar-refractivity contribution < 1.29 is 8.85 Å². The van der Waals surface area contributed by atoms with Crippen molar-refractivity contribution in [2.75, 3.05) is 19.8 Å². The van der Waals surface area contributed by atoms with Gasteiger partial charge in [0.1, 0.15) is 0 Å². The lowest BCUT2D eigenvalue weighted by Gasteiger charge is -2.37. The van der Waals surface area contributed by atoms with Crippen LogP contribution in [-0.4, -0.2) is 28.3 Å². The van der Waals surface area contributed by atoms with E-state index in [-0.39, 0.29) is 6.15 Å². The summed E-state index contributed by atoms with van der Waals surface area (Å²) in [4.78, 5) is 0. The summed E-state index contributed by atoms with van der Waals surface area (Å²) in [7, 11) is -2.08. The molecule has 21 heavy (non-hydrogen) atoms. The average Bonchev–Trinajstić information content (AvgIpc) is 2.48. The third-order valence-electron chi connectivity index (χ3n) is 3.85. The lowest BCUT2D eigenvalue weighted by atomic mass is 10.2. The van der Waals surface area contributed by atoms with Crippen LogP contribution in [0, 0.1) is 0 Å². The predicted molar refractivity (Wildman–Crippen MR) is 95.3 cm³/mol. The van der Waals surface area contributed by atoms with Crippen LogP contribution in [0.1, 0.15) is 72.6 Å². The molecule has 0 amide bonds. The molecule has 0 aliphatic heterocycles. The Kier molecular flexibility index (Phi) is 16.6. The molecule has 130 valence electrons. The summed E-state index contributed by atoms with van der Waals surface area (Å²) in [6.07, 6.45) is 7.99. The van der Waals surface area contributed by atoms with E-state index in [4.69, 9.17) is 14.6 Å². The van der Waals surface area contributed by atoms with Gasteiger partial charge in [-0.1, -0.05) is 47.0 Å². The summed E-state index contributed by atoms with van der Waals surface area (Å²) < 4.78 is 12.8. The minimum absolute atomic E-state index is 0. The summed E-state index contributed by atoms with van der Waals surface area (Å²) in [5, 5.41) is 0. The van der Waals surface area contributed by atoms with Crippen molar-refractivity contribution in [3.63, 3.8) is 0 Å². The summed E-state index contributed by atoms with van der Waals surface area (Å²) in [6, 6.07) is 1.15. The van der Waals surface area contributed by atoms with Crippen LogP contribution in [0.2, 0.25) is 11.6 Å². The average molecular weight is 321 g/mol. The van der Waals surface area contributed by atoms with Crippen molar-refractivity contribution in [1.29, 1.82) is 0 Å². The standard InChI is InChI=1S/C16H37NO2Si.H3N/c1-5-9-15-20(18-13-6-2,19-14-7-3)16(8-4)11-10-12-17;/h16H,5-15,17H2,1-4H3;1H3. The lowest BCUT2D eigenvalue weighted by molar-refractivity contribution is 0.153. The highest BCUT2D eigenvalue weighted by Crippen LogP contribution is 2.36. The van der Waals surface area contributed by atoms with Gasteiger partial charge in [0.05, 0.1) is 0 Å². The summed E-state index contributed by atoms with van der Waals surface area (Å²) >= 11 is 0. The fourth-order valence-corrected chi connectivity index (χ4v) is 7.16. The van der Waals surface area contributed by atoms with E-state index in [9.17, 15) is 0 Å². The van der Waals surface area contributed by atoms with E-state index in [0.29, 0.717) is 5.54 Å². The van der Waals surface area contributed by atoms with Gasteiger partial charge in [0.2, 0.25) is 0 Å². The first-order valence-electron chi connectivity index (χ1n) is 8.68. The molecule has 4 nitrogen and oxygen atoms in total. The van der Waals surface area contributed by atoms with Crippen LogP contribution < -0.4 is 11.9 Å². The molecule has 0 aromatic heterocycles. The highest BCUT2D eigenvalue weighted by Gasteiger charge is 2.43. The zero-order valence-electron chi connectivity index (χ0n) is 15.0.